The van der Waals surface area contributed by atoms with E-state index in [9.17, 15) is 5.11 Å². The Balaban J connectivity index is 1.99. The molecule has 0 radical (unpaired) electrons. The van der Waals surface area contributed by atoms with E-state index in [2.05, 4.69) is 39.7 Å². The van der Waals surface area contributed by atoms with Gasteiger partial charge in [-0.05, 0) is 26.2 Å². The molecule has 1 saturated carbocycles. The Morgan fingerprint density at radius 3 is 2.80 bits per heavy atom. The first-order valence-corrected chi connectivity index (χ1v) is 9.51. The van der Waals surface area contributed by atoms with Gasteiger partial charge in [0.05, 0.1) is 6.10 Å². The summed E-state index contributed by atoms with van der Waals surface area (Å²) in [6, 6.07) is 0. The second kappa shape index (κ2) is 9.17. The number of aryl methyl sites for hydroxylation is 1. The highest BCUT2D eigenvalue weighted by atomic mass is 16.3. The van der Waals surface area contributed by atoms with E-state index >= 15 is 0 Å². The van der Waals surface area contributed by atoms with Gasteiger partial charge in [0.1, 0.15) is 12.4 Å². The Bertz CT molecular complexity index is 570. The largest absolute Gasteiger partial charge is 0.392 e. The number of aromatic nitrogens is 3. The normalized spacial score (nSPS) is 24.4. The van der Waals surface area contributed by atoms with Crippen molar-refractivity contribution in [2.75, 3.05) is 13.1 Å². The number of nitrogens with one attached hydrogen (secondary N) is 2. The number of unbranched alkanes of at least 4 members (excludes halogenated alkanes) is 1. The molecule has 1 aliphatic rings. The van der Waals surface area contributed by atoms with Crippen LogP contribution in [0, 0.1) is 12.3 Å². The van der Waals surface area contributed by atoms with Crippen molar-refractivity contribution in [2.45, 2.75) is 71.9 Å². The highest BCUT2D eigenvalue weighted by molar-refractivity contribution is 5.79. The molecular weight excluding hydrogens is 316 g/mol. The minimum absolute atomic E-state index is 0.0905. The van der Waals surface area contributed by atoms with Gasteiger partial charge in [-0.1, -0.05) is 33.1 Å². The van der Waals surface area contributed by atoms with Gasteiger partial charge in [-0.25, -0.2) is 4.99 Å². The second-order valence-corrected chi connectivity index (χ2v) is 7.44. The Labute approximate surface area is 151 Å². The molecule has 142 valence electrons. The summed E-state index contributed by atoms with van der Waals surface area (Å²) in [4.78, 5) is 4.67. The second-order valence-electron chi connectivity index (χ2n) is 7.44. The van der Waals surface area contributed by atoms with Crippen molar-refractivity contribution in [3.05, 3.63) is 11.6 Å². The van der Waals surface area contributed by atoms with Gasteiger partial charge in [-0.2, -0.15) is 0 Å². The molecule has 0 aromatic carbocycles. The Kier molecular flexibility index (Phi) is 7.23. The Hall–Kier alpha value is -1.63. The van der Waals surface area contributed by atoms with Crippen LogP contribution in [0.3, 0.4) is 0 Å². The number of hydrogen-bond donors (Lipinski definition) is 3. The van der Waals surface area contributed by atoms with Crippen LogP contribution in [-0.4, -0.2) is 45.0 Å². The summed E-state index contributed by atoms with van der Waals surface area (Å²) in [6.45, 7) is 8.37. The van der Waals surface area contributed by atoms with E-state index in [4.69, 9.17) is 0 Å². The van der Waals surface area contributed by atoms with Gasteiger partial charge in [0.15, 0.2) is 11.8 Å². The zero-order valence-corrected chi connectivity index (χ0v) is 16.2. The monoisotopic (exact) mass is 350 g/mol. The van der Waals surface area contributed by atoms with Gasteiger partial charge in [0.25, 0.3) is 0 Å². The molecule has 7 heteroatoms. The zero-order chi connectivity index (χ0) is 18.3. The predicted molar refractivity (Wildman–Crippen MR) is 100 cm³/mol. The molecule has 1 fully saturated rings. The van der Waals surface area contributed by atoms with E-state index in [1.165, 1.54) is 6.42 Å². The van der Waals surface area contributed by atoms with Crippen LogP contribution in [0.4, 0.5) is 0 Å². The van der Waals surface area contributed by atoms with Gasteiger partial charge >= 0.3 is 0 Å². The molecule has 0 amide bonds. The van der Waals surface area contributed by atoms with Gasteiger partial charge in [-0.15, -0.1) is 10.2 Å². The molecule has 25 heavy (non-hydrogen) atoms. The molecule has 1 aromatic heterocycles. The van der Waals surface area contributed by atoms with E-state index in [1.54, 1.807) is 0 Å². The lowest BCUT2D eigenvalue weighted by atomic mass is 9.73. The molecule has 2 unspecified atom stereocenters. The molecule has 7 nitrogen and oxygen atoms in total. The van der Waals surface area contributed by atoms with Crippen molar-refractivity contribution >= 4 is 5.96 Å². The third-order valence-electron chi connectivity index (χ3n) is 5.32. The number of rotatable bonds is 7. The fourth-order valence-electron chi connectivity index (χ4n) is 3.17. The predicted octanol–water partition coefficient (Wildman–Crippen LogP) is 1.90. The van der Waals surface area contributed by atoms with Gasteiger partial charge < -0.3 is 20.3 Å². The molecule has 0 saturated heterocycles. The maximum atomic E-state index is 10.4. The van der Waals surface area contributed by atoms with E-state index in [-0.39, 0.29) is 11.5 Å². The first-order valence-electron chi connectivity index (χ1n) is 9.51. The van der Waals surface area contributed by atoms with Gasteiger partial charge in [-0.3, -0.25) is 0 Å². The molecule has 3 N–H and O–H groups in total. The fourth-order valence-corrected chi connectivity index (χ4v) is 3.17. The summed E-state index contributed by atoms with van der Waals surface area (Å²) < 4.78 is 1.96. The van der Waals surface area contributed by atoms with Crippen LogP contribution in [-0.2, 0) is 13.6 Å². The smallest absolute Gasteiger partial charge is 0.191 e. The van der Waals surface area contributed by atoms with Crippen molar-refractivity contribution in [3.63, 3.8) is 0 Å². The highest BCUT2D eigenvalue weighted by Crippen LogP contribution is 2.35. The number of guanidine groups is 1. The van der Waals surface area contributed by atoms with Crippen LogP contribution in [0.15, 0.2) is 4.99 Å². The average molecular weight is 351 g/mol. The van der Waals surface area contributed by atoms with E-state index < -0.39 is 0 Å². The molecule has 1 heterocycles. The van der Waals surface area contributed by atoms with Crippen molar-refractivity contribution in [2.24, 2.45) is 17.5 Å². The SMILES string of the molecule is CCCCNC(=NCc1nnc(C)n1C)NCC1(C)CCCCC1O. The minimum atomic E-state index is -0.243. The topological polar surface area (TPSA) is 87.4 Å². The molecule has 2 atom stereocenters. The molecule has 0 spiro atoms. The molecule has 2 rings (SSSR count). The quantitative estimate of drug-likeness (QED) is 0.397. The molecule has 0 bridgehead atoms. The first-order chi connectivity index (χ1) is 12.0. The third kappa shape index (κ3) is 5.42. The Morgan fingerprint density at radius 1 is 1.36 bits per heavy atom. The lowest BCUT2D eigenvalue weighted by Gasteiger charge is -2.38. The number of aliphatic imine (C=N–C) groups is 1. The summed E-state index contributed by atoms with van der Waals surface area (Å²) in [5.74, 6) is 2.52. The van der Waals surface area contributed by atoms with E-state index in [0.717, 1.165) is 62.8 Å². The first kappa shape index (κ1) is 19.7. The van der Waals surface area contributed by atoms with Crippen molar-refractivity contribution < 1.29 is 5.11 Å². The van der Waals surface area contributed by atoms with Crippen molar-refractivity contribution in [1.29, 1.82) is 0 Å². The van der Waals surface area contributed by atoms with Crippen LogP contribution in [0.2, 0.25) is 0 Å². The average Bonchev–Trinajstić information content (AvgIpc) is 2.92. The van der Waals surface area contributed by atoms with E-state index in [0.29, 0.717) is 6.54 Å². The lowest BCUT2D eigenvalue weighted by Crippen LogP contribution is -2.48. The molecule has 0 aliphatic heterocycles. The zero-order valence-electron chi connectivity index (χ0n) is 16.2. The summed E-state index contributed by atoms with van der Waals surface area (Å²) in [5.41, 5.74) is -0.0905. The van der Waals surface area contributed by atoms with Gasteiger partial charge in [0.2, 0.25) is 0 Å². The van der Waals surface area contributed by atoms with Crippen molar-refractivity contribution in [3.8, 4) is 0 Å². The standard InChI is InChI=1S/C18H34N6O/c1-5-6-11-19-17(20-12-16-23-22-14(2)24(16)4)21-13-18(3)10-8-7-9-15(18)25/h15,25H,5-13H2,1-4H3,(H2,19,20,21). The molecular formula is C18H34N6O. The third-order valence-corrected chi connectivity index (χ3v) is 5.32. The lowest BCUT2D eigenvalue weighted by molar-refractivity contribution is 0.00397. The summed E-state index contributed by atoms with van der Waals surface area (Å²) in [7, 11) is 1.96. The maximum absolute atomic E-state index is 10.4. The molecule has 1 aromatic rings. The fraction of sp³-hybridized carbons (Fsp3) is 0.833. The summed E-state index contributed by atoms with van der Waals surface area (Å²) in [5, 5.41) is 25.5. The van der Waals surface area contributed by atoms with E-state index in [1.807, 2.05) is 18.5 Å². The van der Waals surface area contributed by atoms with Crippen LogP contribution in [0.1, 0.15) is 64.0 Å². The van der Waals surface area contributed by atoms with Crippen LogP contribution < -0.4 is 10.6 Å². The molecule has 1 aliphatic carbocycles. The van der Waals surface area contributed by atoms with Crippen LogP contribution in [0.25, 0.3) is 0 Å². The Morgan fingerprint density at radius 2 is 2.16 bits per heavy atom. The van der Waals surface area contributed by atoms with Gasteiger partial charge in [0, 0.05) is 25.6 Å². The minimum Gasteiger partial charge on any atom is -0.392 e. The number of aliphatic hydroxyl groups excluding tert-OH is 1. The summed E-state index contributed by atoms with van der Waals surface area (Å²) >= 11 is 0. The van der Waals surface area contributed by atoms with Crippen molar-refractivity contribution in [1.82, 2.24) is 25.4 Å². The maximum Gasteiger partial charge on any atom is 0.191 e. The summed E-state index contributed by atoms with van der Waals surface area (Å²) in [6.07, 6.45) is 6.24. The van der Waals surface area contributed by atoms with Crippen LogP contribution in [0.5, 0.6) is 0 Å². The number of aliphatic hydroxyl groups is 1. The number of nitrogens with zero attached hydrogens (tertiary/aromatic N) is 4. The van der Waals surface area contributed by atoms with Crippen LogP contribution >= 0.6 is 0 Å². The number of hydrogen-bond acceptors (Lipinski definition) is 4. The highest BCUT2D eigenvalue weighted by Gasteiger charge is 2.35.